The first-order chi connectivity index (χ1) is 7.93. The summed E-state index contributed by atoms with van der Waals surface area (Å²) in [4.78, 5) is 0. The van der Waals surface area contributed by atoms with Gasteiger partial charge >= 0.3 is 0 Å². The summed E-state index contributed by atoms with van der Waals surface area (Å²) in [6, 6.07) is 16.0. The van der Waals surface area contributed by atoms with Crippen LogP contribution in [0.1, 0.15) is 11.1 Å². The van der Waals surface area contributed by atoms with E-state index >= 15 is 0 Å². The van der Waals surface area contributed by atoms with E-state index in [1.165, 1.54) is 0 Å². The van der Waals surface area contributed by atoms with Crippen molar-refractivity contribution < 1.29 is 0 Å². The van der Waals surface area contributed by atoms with Gasteiger partial charge in [0.05, 0.1) is 11.4 Å². The zero-order valence-electron chi connectivity index (χ0n) is 8.67. The van der Waals surface area contributed by atoms with Gasteiger partial charge in [-0.25, -0.2) is 0 Å². The Morgan fingerprint density at radius 1 is 0.562 bits per heavy atom. The quantitative estimate of drug-likeness (QED) is 0.514. The maximum atomic E-state index is 4.26. The normalized spacial score (nSPS) is 16.5. The number of fused-ring (bicyclic) bond motifs is 2. The van der Waals surface area contributed by atoms with Crippen LogP contribution < -0.4 is 0 Å². The predicted octanol–water partition coefficient (Wildman–Crippen LogP) is 4.59. The number of hydrogen-bond acceptors (Lipinski definition) is 2. The molecule has 1 aliphatic rings. The zero-order valence-corrected chi connectivity index (χ0v) is 8.67. The summed E-state index contributed by atoms with van der Waals surface area (Å²) >= 11 is 0. The molecule has 1 aliphatic heterocycles. The largest absolute Gasteiger partial charge is 0.150 e. The van der Waals surface area contributed by atoms with Gasteiger partial charge < -0.3 is 0 Å². The summed E-state index contributed by atoms with van der Waals surface area (Å²) in [7, 11) is 0. The summed E-state index contributed by atoms with van der Waals surface area (Å²) in [6.45, 7) is 0. The van der Waals surface area contributed by atoms with Crippen molar-refractivity contribution in [2.45, 2.75) is 0 Å². The van der Waals surface area contributed by atoms with Crippen molar-refractivity contribution in [3.8, 4) is 0 Å². The van der Waals surface area contributed by atoms with Gasteiger partial charge in [0.15, 0.2) is 0 Å². The van der Waals surface area contributed by atoms with Crippen LogP contribution in [0.4, 0.5) is 11.4 Å². The van der Waals surface area contributed by atoms with E-state index in [2.05, 4.69) is 22.4 Å². The molecule has 1 heterocycles. The van der Waals surface area contributed by atoms with E-state index in [0.717, 1.165) is 22.5 Å². The molecule has 3 rings (SSSR count). The molecule has 2 aromatic rings. The molecular formula is C14H10N2. The van der Waals surface area contributed by atoms with Gasteiger partial charge in [-0.1, -0.05) is 48.6 Å². The summed E-state index contributed by atoms with van der Waals surface area (Å²) in [6.07, 6.45) is 4.15. The number of rotatable bonds is 0. The first-order valence-corrected chi connectivity index (χ1v) is 5.21. The second-order valence-corrected chi connectivity index (χ2v) is 3.65. The average molecular weight is 206 g/mol. The predicted molar refractivity (Wildman–Crippen MR) is 66.0 cm³/mol. The highest BCUT2D eigenvalue weighted by molar-refractivity contribution is 5.79. The first kappa shape index (κ1) is 9.04. The molecule has 0 atom stereocenters. The van der Waals surface area contributed by atoms with Crippen molar-refractivity contribution in [1.82, 2.24) is 0 Å². The molecule has 0 unspecified atom stereocenters. The van der Waals surface area contributed by atoms with Gasteiger partial charge in [0.2, 0.25) is 0 Å². The van der Waals surface area contributed by atoms with Gasteiger partial charge in [-0.3, -0.25) is 0 Å². The summed E-state index contributed by atoms with van der Waals surface area (Å²) < 4.78 is 0. The highest BCUT2D eigenvalue weighted by atomic mass is 15.1. The molecule has 2 aromatic carbocycles. The molecule has 0 fully saturated rings. The van der Waals surface area contributed by atoms with E-state index in [-0.39, 0.29) is 0 Å². The second-order valence-electron chi connectivity index (χ2n) is 3.65. The fourth-order valence-corrected chi connectivity index (χ4v) is 1.73. The van der Waals surface area contributed by atoms with Crippen LogP contribution in [-0.4, -0.2) is 0 Å². The SMILES string of the molecule is C1=C\c2ccccc2/N=N\c2ccccc2/1. The lowest BCUT2D eigenvalue weighted by molar-refractivity contribution is 1.22. The molecule has 0 spiro atoms. The number of nitrogens with zero attached hydrogens (tertiary/aromatic N) is 2. The highest BCUT2D eigenvalue weighted by Gasteiger charge is 2.02. The molecule has 0 amide bonds. The van der Waals surface area contributed by atoms with Crippen molar-refractivity contribution in [1.29, 1.82) is 0 Å². The van der Waals surface area contributed by atoms with Crippen LogP contribution in [0, 0.1) is 0 Å². The molecule has 0 aromatic heterocycles. The van der Waals surface area contributed by atoms with E-state index in [4.69, 9.17) is 0 Å². The monoisotopic (exact) mass is 206 g/mol. The molecule has 0 bridgehead atoms. The van der Waals surface area contributed by atoms with E-state index in [1.54, 1.807) is 0 Å². The van der Waals surface area contributed by atoms with Crippen molar-refractivity contribution in [2.24, 2.45) is 10.2 Å². The van der Waals surface area contributed by atoms with Crippen molar-refractivity contribution in [3.63, 3.8) is 0 Å². The minimum Gasteiger partial charge on any atom is -0.150 e. The Bertz CT molecular complexity index is 479. The second kappa shape index (κ2) is 3.74. The average Bonchev–Trinajstić information content (AvgIpc) is 2.32. The molecule has 76 valence electrons. The smallest absolute Gasteiger partial charge is 0.0929 e. The third-order valence-electron chi connectivity index (χ3n) is 2.58. The van der Waals surface area contributed by atoms with Crippen LogP contribution >= 0.6 is 0 Å². The minimum absolute atomic E-state index is 0.910. The van der Waals surface area contributed by atoms with Crippen LogP contribution in [0.25, 0.3) is 12.2 Å². The topological polar surface area (TPSA) is 24.7 Å². The Hall–Kier alpha value is -2.22. The van der Waals surface area contributed by atoms with E-state index in [1.807, 2.05) is 48.5 Å². The lowest BCUT2D eigenvalue weighted by Gasteiger charge is -2.04. The van der Waals surface area contributed by atoms with Crippen molar-refractivity contribution >= 4 is 23.5 Å². The van der Waals surface area contributed by atoms with Crippen molar-refractivity contribution in [3.05, 3.63) is 59.7 Å². The van der Waals surface area contributed by atoms with Gasteiger partial charge in [-0.15, -0.1) is 10.2 Å². The molecule has 0 radical (unpaired) electrons. The summed E-state index contributed by atoms with van der Waals surface area (Å²) in [5.41, 5.74) is 4.02. The molecule has 0 saturated carbocycles. The van der Waals surface area contributed by atoms with Crippen LogP contribution in [0.2, 0.25) is 0 Å². The lowest BCUT2D eigenvalue weighted by Crippen LogP contribution is -1.79. The van der Waals surface area contributed by atoms with Crippen LogP contribution in [0.3, 0.4) is 0 Å². The molecule has 2 heteroatoms. The molecule has 2 nitrogen and oxygen atoms in total. The van der Waals surface area contributed by atoms with E-state index < -0.39 is 0 Å². The maximum Gasteiger partial charge on any atom is 0.0929 e. The first-order valence-electron chi connectivity index (χ1n) is 5.21. The fraction of sp³-hybridized carbons (Fsp3) is 0. The summed E-state index contributed by atoms with van der Waals surface area (Å²) in [5.74, 6) is 0. The van der Waals surface area contributed by atoms with Gasteiger partial charge in [0, 0.05) is 11.1 Å². The Balaban J connectivity index is 2.18. The number of benzene rings is 2. The number of hydrogen-bond donors (Lipinski definition) is 0. The van der Waals surface area contributed by atoms with Gasteiger partial charge in [-0.05, 0) is 12.1 Å². The number of azo groups is 1. The third kappa shape index (κ3) is 1.54. The van der Waals surface area contributed by atoms with Crippen LogP contribution in [0.5, 0.6) is 0 Å². The Kier molecular flexibility index (Phi) is 2.11. The Morgan fingerprint density at radius 2 is 1.00 bits per heavy atom. The summed E-state index contributed by atoms with van der Waals surface area (Å²) in [5, 5.41) is 8.52. The molecule has 16 heavy (non-hydrogen) atoms. The van der Waals surface area contributed by atoms with Crippen LogP contribution in [-0.2, 0) is 0 Å². The standard InChI is InChI=1S/C14H10N2/c1-3-7-13-11(5-1)9-10-12-6-2-4-8-14(12)16-15-13/h1-10H/b10-9-,11-9?,12-10?,15-13?,16-14?,16-15-. The Labute approximate surface area is 94.0 Å². The molecule has 0 N–H and O–H groups in total. The van der Waals surface area contributed by atoms with Gasteiger partial charge in [-0.2, -0.15) is 0 Å². The van der Waals surface area contributed by atoms with E-state index in [9.17, 15) is 0 Å². The fourth-order valence-electron chi connectivity index (χ4n) is 1.73. The van der Waals surface area contributed by atoms with Crippen molar-refractivity contribution in [2.75, 3.05) is 0 Å². The molecule has 0 saturated heterocycles. The lowest BCUT2D eigenvalue weighted by atomic mass is 10.1. The Morgan fingerprint density at radius 3 is 1.50 bits per heavy atom. The molecular weight excluding hydrogens is 196 g/mol. The highest BCUT2D eigenvalue weighted by Crippen LogP contribution is 2.29. The van der Waals surface area contributed by atoms with Gasteiger partial charge in [0.1, 0.15) is 0 Å². The third-order valence-corrected chi connectivity index (χ3v) is 2.58. The minimum atomic E-state index is 0.910. The zero-order chi connectivity index (χ0) is 10.8. The maximum absolute atomic E-state index is 4.26. The van der Waals surface area contributed by atoms with Crippen LogP contribution in [0.15, 0.2) is 58.8 Å². The van der Waals surface area contributed by atoms with E-state index in [0.29, 0.717) is 0 Å². The molecule has 0 aliphatic carbocycles. The van der Waals surface area contributed by atoms with Gasteiger partial charge in [0.25, 0.3) is 0 Å².